The lowest BCUT2D eigenvalue weighted by atomic mass is 10.0. The van der Waals surface area contributed by atoms with Crippen molar-refractivity contribution >= 4 is 0 Å². The lowest BCUT2D eigenvalue weighted by molar-refractivity contribution is -0.359. The molecule has 0 saturated carbocycles. The van der Waals surface area contributed by atoms with Crippen LogP contribution in [0.15, 0.2) is 12.2 Å². The van der Waals surface area contributed by atoms with Crippen molar-refractivity contribution in [1.82, 2.24) is 0 Å². The summed E-state index contributed by atoms with van der Waals surface area (Å²) in [4.78, 5) is 0. The van der Waals surface area contributed by atoms with Crippen LogP contribution in [0.3, 0.4) is 0 Å². The second-order valence-electron chi connectivity index (χ2n) is 4.02. The Hall–Kier alpha value is -0.460. The van der Waals surface area contributed by atoms with Crippen molar-refractivity contribution in [3.63, 3.8) is 0 Å². The number of rotatable bonds is 0. The summed E-state index contributed by atoms with van der Waals surface area (Å²) >= 11 is 0. The van der Waals surface area contributed by atoms with Crippen molar-refractivity contribution in [2.24, 2.45) is 0 Å². The van der Waals surface area contributed by atoms with Gasteiger partial charge in [-0.05, 0) is 6.08 Å². The summed E-state index contributed by atoms with van der Waals surface area (Å²) in [6.07, 6.45) is 3.12. The van der Waals surface area contributed by atoms with E-state index in [1.807, 2.05) is 6.08 Å². The number of ether oxygens (including phenoxy) is 4. The highest BCUT2D eigenvalue weighted by molar-refractivity contribution is 5.27. The van der Waals surface area contributed by atoms with E-state index >= 15 is 0 Å². The summed E-state index contributed by atoms with van der Waals surface area (Å²) in [6, 6.07) is 0. The quantitative estimate of drug-likeness (QED) is 0.406. The van der Waals surface area contributed by atoms with Crippen LogP contribution < -0.4 is 0 Å². The molecule has 3 saturated heterocycles. The first-order valence-electron chi connectivity index (χ1n) is 4.78. The largest absolute Gasteiger partial charge is 0.360 e. The van der Waals surface area contributed by atoms with Gasteiger partial charge in [-0.1, -0.05) is 6.08 Å². The third-order valence-corrected chi connectivity index (χ3v) is 3.27. The SMILES string of the molecule is O[C@@]12O[C@@H](C=CC13OCCO3)[C@@H]1O[C@@H]12. The van der Waals surface area contributed by atoms with E-state index in [1.165, 1.54) is 0 Å². The summed E-state index contributed by atoms with van der Waals surface area (Å²) in [5.74, 6) is -2.59. The van der Waals surface area contributed by atoms with E-state index in [0.29, 0.717) is 13.2 Å². The summed E-state index contributed by atoms with van der Waals surface area (Å²) in [7, 11) is 0. The zero-order valence-corrected chi connectivity index (χ0v) is 7.38. The minimum absolute atomic E-state index is 0.0246. The molecule has 3 fully saturated rings. The van der Waals surface area contributed by atoms with Gasteiger partial charge in [0.2, 0.25) is 5.79 Å². The van der Waals surface area contributed by atoms with Gasteiger partial charge in [0, 0.05) is 0 Å². The minimum atomic E-state index is -1.45. The van der Waals surface area contributed by atoms with Crippen LogP contribution in [0.4, 0.5) is 0 Å². The molecule has 0 radical (unpaired) electrons. The normalized spacial score (nSPS) is 56.5. The zero-order chi connectivity index (χ0) is 9.39. The van der Waals surface area contributed by atoms with E-state index in [-0.39, 0.29) is 18.3 Å². The van der Waals surface area contributed by atoms with Crippen LogP contribution in [0.2, 0.25) is 0 Å². The van der Waals surface area contributed by atoms with Gasteiger partial charge >= 0.3 is 0 Å². The molecule has 76 valence electrons. The van der Waals surface area contributed by atoms with E-state index < -0.39 is 11.6 Å². The Morgan fingerprint density at radius 3 is 2.86 bits per heavy atom. The molecule has 2 bridgehead atoms. The Morgan fingerprint density at radius 2 is 2.07 bits per heavy atom. The molecule has 5 nitrogen and oxygen atoms in total. The van der Waals surface area contributed by atoms with E-state index in [2.05, 4.69) is 0 Å². The van der Waals surface area contributed by atoms with Gasteiger partial charge in [0.25, 0.3) is 5.79 Å². The fourth-order valence-corrected chi connectivity index (χ4v) is 2.53. The molecule has 4 atom stereocenters. The number of epoxide rings is 1. The predicted octanol–water partition coefficient (Wildman–Crippen LogP) is -0.846. The van der Waals surface area contributed by atoms with E-state index in [1.54, 1.807) is 6.08 Å². The van der Waals surface area contributed by atoms with Gasteiger partial charge < -0.3 is 24.1 Å². The second kappa shape index (κ2) is 2.05. The highest BCUT2D eigenvalue weighted by Crippen LogP contribution is 2.55. The van der Waals surface area contributed by atoms with Crippen LogP contribution in [0.5, 0.6) is 0 Å². The summed E-state index contributed by atoms with van der Waals surface area (Å²) in [5, 5.41) is 10.3. The van der Waals surface area contributed by atoms with Gasteiger partial charge in [-0.15, -0.1) is 0 Å². The first-order valence-corrected chi connectivity index (χ1v) is 4.78. The molecule has 0 unspecified atom stereocenters. The first kappa shape index (κ1) is 7.78. The maximum absolute atomic E-state index is 10.3. The predicted molar refractivity (Wildman–Crippen MR) is 42.3 cm³/mol. The van der Waals surface area contributed by atoms with Crippen molar-refractivity contribution in [2.45, 2.75) is 29.9 Å². The van der Waals surface area contributed by atoms with E-state index in [9.17, 15) is 5.11 Å². The molecule has 0 aromatic rings. The lowest BCUT2D eigenvalue weighted by Crippen LogP contribution is -2.59. The molecule has 4 aliphatic heterocycles. The monoisotopic (exact) mass is 198 g/mol. The van der Waals surface area contributed by atoms with Crippen LogP contribution in [0.25, 0.3) is 0 Å². The van der Waals surface area contributed by atoms with Gasteiger partial charge in [0.05, 0.1) is 13.2 Å². The average Bonchev–Trinajstić information content (AvgIpc) is 2.77. The molecule has 0 aromatic carbocycles. The topological polar surface area (TPSA) is 60.5 Å². The molecular formula is C9H10O5. The molecule has 4 rings (SSSR count). The molecule has 1 N–H and O–H groups in total. The second-order valence-corrected chi connectivity index (χ2v) is 4.02. The Kier molecular flexibility index (Phi) is 1.14. The third-order valence-electron chi connectivity index (χ3n) is 3.27. The van der Waals surface area contributed by atoms with Crippen LogP contribution in [-0.4, -0.2) is 48.2 Å². The fraction of sp³-hybridized carbons (Fsp3) is 0.778. The van der Waals surface area contributed by atoms with Crippen molar-refractivity contribution in [1.29, 1.82) is 0 Å². The van der Waals surface area contributed by atoms with Crippen LogP contribution in [-0.2, 0) is 18.9 Å². The van der Waals surface area contributed by atoms with Crippen molar-refractivity contribution < 1.29 is 24.1 Å². The Morgan fingerprint density at radius 1 is 1.29 bits per heavy atom. The lowest BCUT2D eigenvalue weighted by Gasteiger charge is -2.40. The Bertz CT molecular complexity index is 321. The molecule has 5 heteroatoms. The smallest absolute Gasteiger partial charge is 0.256 e. The minimum Gasteiger partial charge on any atom is -0.360 e. The number of aliphatic hydroxyl groups is 1. The number of hydrogen-bond donors (Lipinski definition) is 1. The van der Waals surface area contributed by atoms with Crippen LogP contribution in [0, 0.1) is 0 Å². The van der Waals surface area contributed by atoms with Gasteiger partial charge in [0.15, 0.2) is 0 Å². The van der Waals surface area contributed by atoms with Gasteiger partial charge in [-0.25, -0.2) is 0 Å². The molecule has 0 amide bonds. The molecule has 4 aliphatic rings. The summed E-state index contributed by atoms with van der Waals surface area (Å²) in [5.41, 5.74) is 0. The highest BCUT2D eigenvalue weighted by atomic mass is 16.8. The molecule has 0 aromatic heterocycles. The first-order chi connectivity index (χ1) is 6.75. The number of hydrogen-bond acceptors (Lipinski definition) is 5. The zero-order valence-electron chi connectivity index (χ0n) is 7.38. The van der Waals surface area contributed by atoms with Crippen molar-refractivity contribution in [3.8, 4) is 0 Å². The van der Waals surface area contributed by atoms with Crippen LogP contribution >= 0.6 is 0 Å². The van der Waals surface area contributed by atoms with Crippen LogP contribution in [0.1, 0.15) is 0 Å². The Balaban J connectivity index is 1.85. The molecular weight excluding hydrogens is 188 g/mol. The molecule has 14 heavy (non-hydrogen) atoms. The number of fused-ring (bicyclic) bond motifs is 6. The molecule has 4 heterocycles. The molecule has 0 aliphatic carbocycles. The maximum atomic E-state index is 10.3. The van der Waals surface area contributed by atoms with Crippen molar-refractivity contribution in [3.05, 3.63) is 12.2 Å². The molecule has 1 spiro atoms. The van der Waals surface area contributed by atoms with E-state index in [0.717, 1.165) is 0 Å². The fourth-order valence-electron chi connectivity index (χ4n) is 2.53. The van der Waals surface area contributed by atoms with Gasteiger partial charge in [-0.3, -0.25) is 0 Å². The van der Waals surface area contributed by atoms with E-state index in [4.69, 9.17) is 18.9 Å². The van der Waals surface area contributed by atoms with Gasteiger partial charge in [0.1, 0.15) is 18.3 Å². The highest BCUT2D eigenvalue weighted by Gasteiger charge is 2.77. The van der Waals surface area contributed by atoms with Gasteiger partial charge in [-0.2, -0.15) is 0 Å². The standard InChI is InChI=1S/C9H10O5/c10-9-7-6(13-7)5(14-9)1-2-8(9)11-3-4-12-8/h1-2,5-7,10H,3-4H2/t5-,6-,7-,9-/m0/s1. The maximum Gasteiger partial charge on any atom is 0.256 e. The third kappa shape index (κ3) is 0.646. The average molecular weight is 198 g/mol. The summed E-state index contributed by atoms with van der Waals surface area (Å²) in [6.45, 7) is 0.941. The Labute approximate surface area is 80.2 Å². The van der Waals surface area contributed by atoms with Crippen molar-refractivity contribution in [2.75, 3.05) is 13.2 Å². The summed E-state index contributed by atoms with van der Waals surface area (Å²) < 4.78 is 21.7.